The summed E-state index contributed by atoms with van der Waals surface area (Å²) >= 11 is 0. The van der Waals surface area contributed by atoms with Gasteiger partial charge in [0.25, 0.3) is 0 Å². The van der Waals surface area contributed by atoms with Gasteiger partial charge in [0, 0.05) is 6.04 Å². The summed E-state index contributed by atoms with van der Waals surface area (Å²) < 4.78 is 0. The number of unbranched alkanes of at least 4 members (excludes halogenated alkanes) is 9. The molecule has 0 bridgehead atoms. The lowest BCUT2D eigenvalue weighted by Gasteiger charge is -2.27. The highest BCUT2D eigenvalue weighted by molar-refractivity contribution is 4.76. The highest BCUT2D eigenvalue weighted by atomic mass is 15.2. The van der Waals surface area contributed by atoms with Crippen LogP contribution in [0, 0.1) is 0 Å². The molecule has 2 nitrogen and oxygen atoms in total. The number of nitrogens with zero attached hydrogens (tertiary/aromatic N) is 1. The molecule has 0 radical (unpaired) electrons. The molecule has 0 aromatic rings. The maximum absolute atomic E-state index is 3.22. The number of hydrogen-bond acceptors (Lipinski definition) is 2. The van der Waals surface area contributed by atoms with E-state index >= 15 is 0 Å². The van der Waals surface area contributed by atoms with Crippen molar-refractivity contribution < 1.29 is 0 Å². The zero-order valence-electron chi connectivity index (χ0n) is 18.4. The molecule has 156 valence electrons. The van der Waals surface area contributed by atoms with Crippen LogP contribution in [0.2, 0.25) is 0 Å². The average Bonchev–Trinajstić information content (AvgIpc) is 3.39. The first-order valence-corrected chi connectivity index (χ1v) is 12.3. The van der Waals surface area contributed by atoms with Gasteiger partial charge in [0.1, 0.15) is 0 Å². The van der Waals surface area contributed by atoms with E-state index in [2.05, 4.69) is 24.1 Å². The second-order valence-corrected chi connectivity index (χ2v) is 8.61. The van der Waals surface area contributed by atoms with Crippen molar-refractivity contribution in [1.82, 2.24) is 10.2 Å². The van der Waals surface area contributed by atoms with E-state index in [1.54, 1.807) is 0 Å². The lowest BCUT2D eigenvalue weighted by Crippen LogP contribution is -2.32. The van der Waals surface area contributed by atoms with Crippen molar-refractivity contribution in [2.24, 2.45) is 0 Å². The fourth-order valence-corrected chi connectivity index (χ4v) is 4.39. The van der Waals surface area contributed by atoms with E-state index in [1.165, 1.54) is 135 Å². The Labute approximate surface area is 165 Å². The number of rotatable bonds is 14. The van der Waals surface area contributed by atoms with Crippen LogP contribution in [0.1, 0.15) is 123 Å². The summed E-state index contributed by atoms with van der Waals surface area (Å²) in [6, 6.07) is 0.917. The quantitative estimate of drug-likeness (QED) is 0.335. The van der Waals surface area contributed by atoms with Crippen LogP contribution < -0.4 is 5.32 Å². The summed E-state index contributed by atoms with van der Waals surface area (Å²) in [4.78, 5) is 2.81. The van der Waals surface area contributed by atoms with Gasteiger partial charge in [0.15, 0.2) is 0 Å². The van der Waals surface area contributed by atoms with Gasteiger partial charge in [-0.3, -0.25) is 0 Å². The lowest BCUT2D eigenvalue weighted by molar-refractivity contribution is 0.209. The van der Waals surface area contributed by atoms with E-state index < -0.39 is 0 Å². The monoisotopic (exact) mass is 366 g/mol. The number of hydrogen-bond donors (Lipinski definition) is 1. The Kier molecular flexibility index (Phi) is 16.9. The van der Waals surface area contributed by atoms with E-state index in [4.69, 9.17) is 0 Å². The lowest BCUT2D eigenvalue weighted by atomic mass is 9.99. The summed E-state index contributed by atoms with van der Waals surface area (Å²) in [6.07, 6.45) is 24.5. The largest absolute Gasteiger partial charge is 0.317 e. The van der Waals surface area contributed by atoms with Crippen LogP contribution in [0.25, 0.3) is 0 Å². The Morgan fingerprint density at radius 3 is 1.50 bits per heavy atom. The molecular formula is C24H50N2. The first-order chi connectivity index (χ1) is 12.9. The van der Waals surface area contributed by atoms with Crippen molar-refractivity contribution in [2.75, 3.05) is 26.2 Å². The molecule has 26 heavy (non-hydrogen) atoms. The van der Waals surface area contributed by atoms with Crippen LogP contribution in [-0.4, -0.2) is 37.1 Å². The molecule has 1 unspecified atom stereocenters. The molecule has 0 aromatic carbocycles. The average molecular weight is 367 g/mol. The topological polar surface area (TPSA) is 15.3 Å². The molecule has 0 amide bonds. The van der Waals surface area contributed by atoms with Crippen molar-refractivity contribution in [1.29, 1.82) is 0 Å². The Hall–Kier alpha value is -0.0800. The van der Waals surface area contributed by atoms with Gasteiger partial charge in [0.2, 0.25) is 0 Å². The first-order valence-electron chi connectivity index (χ1n) is 12.3. The molecule has 2 aliphatic heterocycles. The van der Waals surface area contributed by atoms with Crippen LogP contribution >= 0.6 is 0 Å². The minimum absolute atomic E-state index is 0.917. The molecule has 1 N–H and O–H groups in total. The highest BCUT2D eigenvalue weighted by Gasteiger charge is 2.20. The zero-order chi connectivity index (χ0) is 18.7. The van der Waals surface area contributed by atoms with Gasteiger partial charge < -0.3 is 10.2 Å². The minimum atomic E-state index is 0.917. The predicted molar refractivity (Wildman–Crippen MR) is 118 cm³/mol. The molecule has 0 aromatic heterocycles. The summed E-state index contributed by atoms with van der Waals surface area (Å²) in [5, 5.41) is 3.22. The van der Waals surface area contributed by atoms with Crippen LogP contribution in [0.5, 0.6) is 0 Å². The van der Waals surface area contributed by atoms with E-state index in [0.29, 0.717) is 0 Å². The van der Waals surface area contributed by atoms with Crippen LogP contribution in [0.3, 0.4) is 0 Å². The fraction of sp³-hybridized carbons (Fsp3) is 1.00. The normalized spacial score (nSPS) is 18.7. The highest BCUT2D eigenvalue weighted by Crippen LogP contribution is 2.22. The predicted octanol–water partition coefficient (Wildman–Crippen LogP) is 6.93. The summed E-state index contributed by atoms with van der Waals surface area (Å²) in [5.74, 6) is 0. The molecule has 2 rings (SSSR count). The van der Waals surface area contributed by atoms with Crippen molar-refractivity contribution in [3.05, 3.63) is 0 Å². The van der Waals surface area contributed by atoms with E-state index in [0.717, 1.165) is 6.04 Å². The third-order valence-electron chi connectivity index (χ3n) is 6.15. The SMILES string of the molecule is C1CCNC1.CCCCCCCCC(CCCCCCC)N1CCCC1. The summed E-state index contributed by atoms with van der Waals surface area (Å²) in [6.45, 7) is 9.89. The third kappa shape index (κ3) is 13.1. The molecule has 1 atom stereocenters. The van der Waals surface area contributed by atoms with E-state index in [9.17, 15) is 0 Å². The van der Waals surface area contributed by atoms with Gasteiger partial charge in [-0.25, -0.2) is 0 Å². The summed E-state index contributed by atoms with van der Waals surface area (Å²) in [7, 11) is 0. The second kappa shape index (κ2) is 18.3. The van der Waals surface area contributed by atoms with Gasteiger partial charge in [-0.2, -0.15) is 0 Å². The second-order valence-electron chi connectivity index (χ2n) is 8.61. The Bertz CT molecular complexity index is 262. The van der Waals surface area contributed by atoms with Gasteiger partial charge in [-0.05, 0) is 64.7 Å². The van der Waals surface area contributed by atoms with Gasteiger partial charge >= 0.3 is 0 Å². The van der Waals surface area contributed by atoms with Gasteiger partial charge in [-0.1, -0.05) is 84.5 Å². The molecule has 2 fully saturated rings. The third-order valence-corrected chi connectivity index (χ3v) is 6.15. The number of likely N-dealkylation sites (tertiary alicyclic amines) is 1. The van der Waals surface area contributed by atoms with Gasteiger partial charge in [-0.15, -0.1) is 0 Å². The first kappa shape index (κ1) is 24.0. The van der Waals surface area contributed by atoms with Crippen molar-refractivity contribution in [3.63, 3.8) is 0 Å². The molecule has 2 heteroatoms. The molecular weight excluding hydrogens is 316 g/mol. The fourth-order valence-electron chi connectivity index (χ4n) is 4.39. The van der Waals surface area contributed by atoms with Crippen molar-refractivity contribution in [2.45, 2.75) is 129 Å². The Morgan fingerprint density at radius 2 is 1.08 bits per heavy atom. The maximum atomic E-state index is 3.22. The number of nitrogens with one attached hydrogen (secondary N) is 1. The molecule has 0 aliphatic carbocycles. The molecule has 2 saturated heterocycles. The molecule has 2 heterocycles. The smallest absolute Gasteiger partial charge is 0.00952 e. The van der Waals surface area contributed by atoms with Crippen LogP contribution in [-0.2, 0) is 0 Å². The summed E-state index contributed by atoms with van der Waals surface area (Å²) in [5.41, 5.74) is 0. The van der Waals surface area contributed by atoms with Crippen molar-refractivity contribution in [3.8, 4) is 0 Å². The maximum Gasteiger partial charge on any atom is 0.00952 e. The van der Waals surface area contributed by atoms with E-state index in [1.807, 2.05) is 0 Å². The molecule has 0 spiro atoms. The Morgan fingerprint density at radius 1 is 0.615 bits per heavy atom. The van der Waals surface area contributed by atoms with Crippen LogP contribution in [0.15, 0.2) is 0 Å². The van der Waals surface area contributed by atoms with Crippen molar-refractivity contribution >= 4 is 0 Å². The standard InChI is InChI=1S/C20H41N.C4H9N/c1-3-5-7-9-11-13-17-20(21-18-14-15-19-21)16-12-10-8-6-4-2;1-2-4-5-3-1/h20H,3-19H2,1-2H3;5H,1-4H2. The minimum Gasteiger partial charge on any atom is -0.317 e. The van der Waals surface area contributed by atoms with Gasteiger partial charge in [0.05, 0.1) is 0 Å². The Balaban J connectivity index is 0.000000577. The molecule has 2 aliphatic rings. The van der Waals surface area contributed by atoms with E-state index in [-0.39, 0.29) is 0 Å². The molecule has 0 saturated carbocycles. The zero-order valence-corrected chi connectivity index (χ0v) is 18.4. The van der Waals surface area contributed by atoms with Crippen LogP contribution in [0.4, 0.5) is 0 Å².